The van der Waals surface area contributed by atoms with Crippen molar-refractivity contribution in [2.45, 2.75) is 0 Å². The third-order valence-electron chi connectivity index (χ3n) is 0.276. The molecule has 0 aromatic heterocycles. The maximum Gasteiger partial charge on any atom is 0.432 e. The van der Waals surface area contributed by atoms with Crippen LogP contribution in [0.15, 0.2) is 0 Å². The van der Waals surface area contributed by atoms with Crippen LogP contribution < -0.4 is 4.83 Å². The predicted molar refractivity (Wildman–Crippen MR) is 31.0 cm³/mol. The second-order valence-corrected chi connectivity index (χ2v) is 1.29. The lowest BCUT2D eigenvalue weighted by molar-refractivity contribution is 0.173. The number of carboxylic acid groups (broad SMARTS) is 1. The molecule has 0 fully saturated rings. The molecule has 1 amide bonds. The molecule has 0 spiro atoms. The number of nitrogens with zero attached hydrogens (tertiary/aromatic N) is 1. The van der Waals surface area contributed by atoms with Crippen molar-refractivity contribution in [1.82, 2.24) is 9.25 Å². The highest BCUT2D eigenvalue weighted by Crippen LogP contribution is 1.86. The number of hydrogen-bond donors (Lipinski definition) is 4. The van der Waals surface area contributed by atoms with Gasteiger partial charge in [0.05, 0.1) is 0 Å². The average molecular weight is 140 g/mol. The molecule has 0 atom stereocenters. The second kappa shape index (κ2) is 3.00. The van der Waals surface area contributed by atoms with Gasteiger partial charge in [-0.15, -0.1) is 0 Å². The fourth-order valence-electron chi connectivity index (χ4n) is 0.0428. The van der Waals surface area contributed by atoms with Crippen LogP contribution in [0.1, 0.15) is 0 Å². The first kappa shape index (κ1) is 6.93. The molecular weight excluding hydrogens is 136 g/mol. The summed E-state index contributed by atoms with van der Waals surface area (Å²) in [5.74, 6) is 0. The summed E-state index contributed by atoms with van der Waals surface area (Å²) in [6, 6.07) is 0. The van der Waals surface area contributed by atoms with Gasteiger partial charge in [-0.05, 0) is 12.8 Å². The van der Waals surface area contributed by atoms with Crippen LogP contribution >= 0.6 is 25.6 Å². The lowest BCUT2D eigenvalue weighted by atomic mass is 11.3. The van der Waals surface area contributed by atoms with Crippen LogP contribution in [0.3, 0.4) is 0 Å². The van der Waals surface area contributed by atoms with E-state index in [1.165, 1.54) is 0 Å². The van der Waals surface area contributed by atoms with Crippen LogP contribution in [0.5, 0.6) is 0 Å². The standard InChI is InChI=1S/CH4N2O2S2/c4-1(5)3(7)2-6/h2,6-7H,(H,4,5). The molecule has 0 bridgehead atoms. The number of hydrazine groups is 1. The number of nitrogens with one attached hydrogen (secondary N) is 1. The lowest BCUT2D eigenvalue weighted by Gasteiger charge is -2.04. The van der Waals surface area contributed by atoms with Crippen molar-refractivity contribution in [2.75, 3.05) is 0 Å². The first-order chi connectivity index (χ1) is 3.18. The summed E-state index contributed by atoms with van der Waals surface area (Å²) in [5, 5.41) is 7.92. The molecule has 2 N–H and O–H groups in total. The Morgan fingerprint density at radius 2 is 2.29 bits per heavy atom. The summed E-state index contributed by atoms with van der Waals surface area (Å²) >= 11 is 6.74. The molecule has 0 aliphatic carbocycles. The SMILES string of the molecule is O=C(O)N(S)NS. The summed E-state index contributed by atoms with van der Waals surface area (Å²) in [6.45, 7) is 0. The van der Waals surface area contributed by atoms with Crippen LogP contribution in [-0.4, -0.2) is 15.6 Å². The maximum absolute atomic E-state index is 9.67. The highest BCUT2D eigenvalue weighted by Gasteiger charge is 1.99. The Morgan fingerprint density at radius 3 is 2.29 bits per heavy atom. The van der Waals surface area contributed by atoms with Gasteiger partial charge < -0.3 is 5.11 Å². The Balaban J connectivity index is 3.34. The predicted octanol–water partition coefficient (Wildman–Crippen LogP) is 0.161. The van der Waals surface area contributed by atoms with E-state index < -0.39 is 6.09 Å². The van der Waals surface area contributed by atoms with E-state index in [1.54, 1.807) is 0 Å². The molecule has 0 saturated heterocycles. The molecular formula is CH4N2O2S2. The van der Waals surface area contributed by atoms with Gasteiger partial charge in [0, 0.05) is 0 Å². The van der Waals surface area contributed by atoms with Gasteiger partial charge in [-0.25, -0.2) is 4.79 Å². The maximum atomic E-state index is 9.67. The Hall–Kier alpha value is -0.0700. The van der Waals surface area contributed by atoms with Crippen LogP contribution in [0.4, 0.5) is 4.79 Å². The van der Waals surface area contributed by atoms with Crippen molar-refractivity contribution in [1.29, 1.82) is 0 Å². The zero-order valence-corrected chi connectivity index (χ0v) is 4.99. The van der Waals surface area contributed by atoms with Crippen molar-refractivity contribution >= 4 is 31.7 Å². The minimum absolute atomic E-state index is 0.517. The molecule has 0 heterocycles. The summed E-state index contributed by atoms with van der Waals surface area (Å²) in [6.07, 6.45) is -1.20. The monoisotopic (exact) mass is 140 g/mol. The number of rotatable bonds is 1. The van der Waals surface area contributed by atoms with E-state index >= 15 is 0 Å². The molecule has 42 valence electrons. The van der Waals surface area contributed by atoms with E-state index in [-0.39, 0.29) is 0 Å². The fraction of sp³-hybridized carbons (Fsp3) is 0. The zero-order chi connectivity index (χ0) is 5.86. The third kappa shape index (κ3) is 2.60. The third-order valence-corrected chi connectivity index (χ3v) is 0.905. The molecule has 0 radical (unpaired) electrons. The van der Waals surface area contributed by atoms with E-state index in [0.717, 1.165) is 0 Å². The minimum Gasteiger partial charge on any atom is -0.463 e. The normalized spacial score (nSPS) is 8.29. The molecule has 0 aliphatic heterocycles. The lowest BCUT2D eigenvalue weighted by Crippen LogP contribution is -2.26. The minimum atomic E-state index is -1.20. The number of carbonyl (C=O) groups is 1. The van der Waals surface area contributed by atoms with Crippen molar-refractivity contribution in [2.24, 2.45) is 0 Å². The molecule has 0 rings (SSSR count). The quantitative estimate of drug-likeness (QED) is 0.310. The van der Waals surface area contributed by atoms with Crippen LogP contribution in [0, 0.1) is 0 Å². The number of hydrogen-bond acceptors (Lipinski definition) is 4. The molecule has 6 heteroatoms. The van der Waals surface area contributed by atoms with Gasteiger partial charge in [0.1, 0.15) is 0 Å². The smallest absolute Gasteiger partial charge is 0.432 e. The Labute approximate surface area is 51.6 Å². The average Bonchev–Trinajstić information content (AvgIpc) is 1.65. The first-order valence-electron chi connectivity index (χ1n) is 1.30. The van der Waals surface area contributed by atoms with E-state index in [9.17, 15) is 4.79 Å². The molecule has 7 heavy (non-hydrogen) atoms. The van der Waals surface area contributed by atoms with Gasteiger partial charge in [0.15, 0.2) is 0 Å². The van der Waals surface area contributed by atoms with Crippen molar-refractivity contribution in [3.8, 4) is 0 Å². The van der Waals surface area contributed by atoms with Crippen molar-refractivity contribution < 1.29 is 9.90 Å². The summed E-state index contributed by atoms with van der Waals surface area (Å²) in [5.41, 5.74) is 0. The molecule has 0 aromatic rings. The van der Waals surface area contributed by atoms with E-state index in [2.05, 4.69) is 25.6 Å². The highest BCUT2D eigenvalue weighted by molar-refractivity contribution is 7.81. The van der Waals surface area contributed by atoms with Crippen molar-refractivity contribution in [3.63, 3.8) is 0 Å². The first-order valence-corrected chi connectivity index (χ1v) is 2.15. The largest absolute Gasteiger partial charge is 0.463 e. The second-order valence-electron chi connectivity index (χ2n) is 0.694. The highest BCUT2D eigenvalue weighted by atomic mass is 32.1. The fourth-order valence-corrected chi connectivity index (χ4v) is 0.128. The van der Waals surface area contributed by atoms with E-state index in [1.807, 2.05) is 4.83 Å². The van der Waals surface area contributed by atoms with Gasteiger partial charge in [-0.3, -0.25) is 0 Å². The number of amides is 1. The molecule has 0 aromatic carbocycles. The molecule has 0 saturated carbocycles. The molecule has 4 nitrogen and oxygen atoms in total. The Morgan fingerprint density at radius 1 is 1.86 bits per heavy atom. The van der Waals surface area contributed by atoms with Gasteiger partial charge in [-0.2, -0.15) is 9.25 Å². The van der Waals surface area contributed by atoms with Crippen LogP contribution in [-0.2, 0) is 0 Å². The Kier molecular flexibility index (Phi) is 2.97. The molecule has 0 aliphatic rings. The van der Waals surface area contributed by atoms with Gasteiger partial charge in [-0.1, -0.05) is 12.8 Å². The topological polar surface area (TPSA) is 52.6 Å². The van der Waals surface area contributed by atoms with Crippen LogP contribution in [0.2, 0.25) is 0 Å². The van der Waals surface area contributed by atoms with Crippen LogP contribution in [0.25, 0.3) is 0 Å². The zero-order valence-electron chi connectivity index (χ0n) is 3.20. The summed E-state index contributed by atoms with van der Waals surface area (Å²) in [7, 11) is 0. The summed E-state index contributed by atoms with van der Waals surface area (Å²) in [4.78, 5) is 11.6. The van der Waals surface area contributed by atoms with Crippen molar-refractivity contribution in [3.05, 3.63) is 0 Å². The molecule has 0 unspecified atom stereocenters. The van der Waals surface area contributed by atoms with Gasteiger partial charge >= 0.3 is 6.09 Å². The van der Waals surface area contributed by atoms with Gasteiger partial charge in [0.25, 0.3) is 0 Å². The summed E-state index contributed by atoms with van der Waals surface area (Å²) < 4.78 is 0.517. The van der Waals surface area contributed by atoms with E-state index in [0.29, 0.717) is 4.41 Å². The van der Waals surface area contributed by atoms with Gasteiger partial charge in [0.2, 0.25) is 0 Å². The Bertz CT molecular complexity index is 76.1. The number of thiol groups is 2. The van der Waals surface area contributed by atoms with E-state index in [4.69, 9.17) is 5.11 Å².